The molecule has 0 aromatic heterocycles. The second kappa shape index (κ2) is 24.9. The molecule has 7 N–H and O–H groups in total. The van der Waals surface area contributed by atoms with Crippen molar-refractivity contribution in [2.24, 2.45) is 16.9 Å². The predicted octanol–water partition coefficient (Wildman–Crippen LogP) is 1.24. The van der Waals surface area contributed by atoms with Crippen LogP contribution in [-0.4, -0.2) is 119 Å². The van der Waals surface area contributed by atoms with Gasteiger partial charge < -0.3 is 55.7 Å². The standard InChI is InChI=1S/C21H39N3O9.C11H25NO/c1-20(2,12-26)24-19(29)6-11-33-16-21(13-30-8-3-7-25,14-31-9-4-17(22)27)15-32-10-5-18(23)28;1-7-11(4,5)13-9-8-10(2,3)12-6/h7,26H,3-6,8-16H2,1-2H3,(H2,22,27)(H2,23,28)(H,24,29);12H,7-9H2,1-6H3. The zero-order valence-electron chi connectivity index (χ0n) is 29.7. The van der Waals surface area contributed by atoms with Crippen LogP contribution in [0, 0.1) is 5.41 Å². The summed E-state index contributed by atoms with van der Waals surface area (Å²) >= 11 is 0. The van der Waals surface area contributed by atoms with E-state index in [2.05, 4.69) is 45.3 Å². The fourth-order valence-corrected chi connectivity index (χ4v) is 3.34. The first-order chi connectivity index (χ1) is 21.4. The van der Waals surface area contributed by atoms with E-state index in [0.29, 0.717) is 0 Å². The molecule has 0 aromatic rings. The molecule has 0 bridgehead atoms. The van der Waals surface area contributed by atoms with Crippen molar-refractivity contribution in [2.45, 2.75) is 104 Å². The third-order valence-electron chi connectivity index (χ3n) is 7.09. The Hall–Kier alpha value is -2.20. The van der Waals surface area contributed by atoms with Crippen LogP contribution in [0.15, 0.2) is 0 Å². The van der Waals surface area contributed by atoms with Crippen LogP contribution in [0.25, 0.3) is 0 Å². The van der Waals surface area contributed by atoms with Gasteiger partial charge in [0.1, 0.15) is 6.29 Å². The molecule has 46 heavy (non-hydrogen) atoms. The second-order valence-corrected chi connectivity index (χ2v) is 13.3. The molecule has 0 heterocycles. The molecule has 0 unspecified atom stereocenters. The Bertz CT molecular complexity index is 815. The van der Waals surface area contributed by atoms with Gasteiger partial charge in [0.05, 0.1) is 76.0 Å². The van der Waals surface area contributed by atoms with E-state index >= 15 is 0 Å². The number of primary amides is 2. The molecule has 14 heteroatoms. The number of hydrogen-bond donors (Lipinski definition) is 5. The molecule has 0 saturated heterocycles. The van der Waals surface area contributed by atoms with Crippen molar-refractivity contribution in [3.05, 3.63) is 0 Å². The number of carbonyl (C=O) groups excluding carboxylic acids is 4. The summed E-state index contributed by atoms with van der Waals surface area (Å²) in [5.41, 5.74) is 8.92. The normalized spacial score (nSPS) is 12.3. The maximum Gasteiger partial charge on any atom is 0.222 e. The Morgan fingerprint density at radius 1 is 0.739 bits per heavy atom. The zero-order valence-corrected chi connectivity index (χ0v) is 29.7. The van der Waals surface area contributed by atoms with Crippen LogP contribution in [0.2, 0.25) is 0 Å². The zero-order chi connectivity index (χ0) is 35.7. The monoisotopic (exact) mass is 664 g/mol. The third kappa shape index (κ3) is 27.0. The number of nitrogens with two attached hydrogens (primary N) is 2. The topological polar surface area (TPSA) is 211 Å². The summed E-state index contributed by atoms with van der Waals surface area (Å²) in [5, 5.41) is 15.2. The van der Waals surface area contributed by atoms with E-state index in [0.717, 1.165) is 25.7 Å². The number of ether oxygens (including phenoxy) is 5. The van der Waals surface area contributed by atoms with E-state index in [1.807, 2.05) is 7.05 Å². The van der Waals surface area contributed by atoms with E-state index in [1.54, 1.807) is 13.8 Å². The van der Waals surface area contributed by atoms with E-state index in [1.165, 1.54) is 0 Å². The number of aldehydes is 1. The average Bonchev–Trinajstić information content (AvgIpc) is 2.97. The van der Waals surface area contributed by atoms with Gasteiger partial charge in [-0.05, 0) is 61.4 Å². The molecule has 0 fully saturated rings. The van der Waals surface area contributed by atoms with Crippen LogP contribution >= 0.6 is 0 Å². The van der Waals surface area contributed by atoms with Gasteiger partial charge in [-0.15, -0.1) is 0 Å². The Balaban J connectivity index is 0. The number of aliphatic hydroxyl groups excluding tert-OH is 1. The fraction of sp³-hybridized carbons (Fsp3) is 0.875. The van der Waals surface area contributed by atoms with Crippen LogP contribution in [0.4, 0.5) is 0 Å². The summed E-state index contributed by atoms with van der Waals surface area (Å²) in [6.45, 7) is 15.6. The van der Waals surface area contributed by atoms with E-state index in [9.17, 15) is 24.3 Å². The van der Waals surface area contributed by atoms with E-state index in [4.69, 9.17) is 35.2 Å². The highest BCUT2D eigenvalue weighted by atomic mass is 16.5. The molecule has 0 aliphatic carbocycles. The van der Waals surface area contributed by atoms with Gasteiger partial charge in [-0.2, -0.15) is 0 Å². The average molecular weight is 665 g/mol. The lowest BCUT2D eigenvalue weighted by molar-refractivity contribution is -0.127. The minimum Gasteiger partial charge on any atom is -0.394 e. The molecule has 14 nitrogen and oxygen atoms in total. The molecular formula is C32H64N4O10. The summed E-state index contributed by atoms with van der Waals surface area (Å²) in [6, 6.07) is 0. The lowest BCUT2D eigenvalue weighted by atomic mass is 9.92. The number of aliphatic hydroxyl groups is 1. The maximum atomic E-state index is 12.0. The van der Waals surface area contributed by atoms with Gasteiger partial charge in [0, 0.05) is 37.8 Å². The van der Waals surface area contributed by atoms with E-state index in [-0.39, 0.29) is 102 Å². The first-order valence-corrected chi connectivity index (χ1v) is 15.9. The first-order valence-electron chi connectivity index (χ1n) is 15.9. The number of rotatable bonds is 28. The van der Waals surface area contributed by atoms with Crippen molar-refractivity contribution in [3.8, 4) is 0 Å². The predicted molar refractivity (Wildman–Crippen MR) is 176 cm³/mol. The van der Waals surface area contributed by atoms with Crippen LogP contribution in [0.5, 0.6) is 0 Å². The molecule has 0 saturated carbocycles. The lowest BCUT2D eigenvalue weighted by Crippen LogP contribution is -2.46. The van der Waals surface area contributed by atoms with Gasteiger partial charge in [-0.1, -0.05) is 6.92 Å². The minimum atomic E-state index is -0.834. The Labute approximate surface area is 276 Å². The van der Waals surface area contributed by atoms with Gasteiger partial charge >= 0.3 is 0 Å². The van der Waals surface area contributed by atoms with Crippen molar-refractivity contribution in [3.63, 3.8) is 0 Å². The largest absolute Gasteiger partial charge is 0.394 e. The number of nitrogens with one attached hydrogen (secondary N) is 2. The van der Waals surface area contributed by atoms with Gasteiger partial charge in [-0.3, -0.25) is 14.4 Å². The molecule has 0 aliphatic rings. The van der Waals surface area contributed by atoms with Crippen molar-refractivity contribution in [1.82, 2.24) is 10.6 Å². The number of amides is 3. The van der Waals surface area contributed by atoms with Gasteiger partial charge in [0.25, 0.3) is 0 Å². The summed E-state index contributed by atoms with van der Waals surface area (Å²) in [4.78, 5) is 44.6. The summed E-state index contributed by atoms with van der Waals surface area (Å²) in [6.07, 6.45) is 3.19. The summed E-state index contributed by atoms with van der Waals surface area (Å²) < 4.78 is 28.3. The lowest BCUT2D eigenvalue weighted by Gasteiger charge is -2.33. The van der Waals surface area contributed by atoms with Crippen LogP contribution in [0.3, 0.4) is 0 Å². The Morgan fingerprint density at radius 3 is 1.59 bits per heavy atom. The van der Waals surface area contributed by atoms with Gasteiger partial charge in [0.15, 0.2) is 0 Å². The smallest absolute Gasteiger partial charge is 0.222 e. The number of hydrogen-bond acceptors (Lipinski definition) is 11. The quantitative estimate of drug-likeness (QED) is 0.0593. The molecule has 0 aromatic carbocycles. The maximum absolute atomic E-state index is 12.0. The molecule has 0 rings (SSSR count). The van der Waals surface area contributed by atoms with Gasteiger partial charge in [-0.25, -0.2) is 0 Å². The van der Waals surface area contributed by atoms with Crippen molar-refractivity contribution >= 4 is 24.0 Å². The minimum absolute atomic E-state index is 0.0316. The van der Waals surface area contributed by atoms with E-state index < -0.39 is 22.8 Å². The van der Waals surface area contributed by atoms with Crippen molar-refractivity contribution in [1.29, 1.82) is 0 Å². The van der Waals surface area contributed by atoms with Crippen molar-refractivity contribution < 1.29 is 48.0 Å². The SMILES string of the molecule is CC(C)(CO)NC(=O)CCOCC(COCCC=O)(COCCC(N)=O)COCCC(N)=O.CCC(C)(C)OCCC(C)(C)NC. The first kappa shape index (κ1) is 45.9. The Kier molecular flexibility index (Phi) is 24.9. The third-order valence-corrected chi connectivity index (χ3v) is 7.09. The molecule has 272 valence electrons. The second-order valence-electron chi connectivity index (χ2n) is 13.3. The highest BCUT2D eigenvalue weighted by Crippen LogP contribution is 2.22. The highest BCUT2D eigenvalue weighted by Gasteiger charge is 2.33. The number of carbonyl (C=O) groups is 4. The molecule has 0 atom stereocenters. The van der Waals surface area contributed by atoms with Crippen LogP contribution in [-0.2, 0) is 42.9 Å². The van der Waals surface area contributed by atoms with Crippen LogP contribution < -0.4 is 22.1 Å². The molecule has 0 radical (unpaired) electrons. The van der Waals surface area contributed by atoms with Crippen LogP contribution in [0.1, 0.15) is 87.0 Å². The summed E-state index contributed by atoms with van der Waals surface area (Å²) in [7, 11) is 1.99. The van der Waals surface area contributed by atoms with Crippen molar-refractivity contribution in [2.75, 3.05) is 73.1 Å². The Morgan fingerprint density at radius 2 is 1.20 bits per heavy atom. The fourth-order valence-electron chi connectivity index (χ4n) is 3.34. The molecule has 3 amide bonds. The van der Waals surface area contributed by atoms with Gasteiger partial charge in [0.2, 0.25) is 17.7 Å². The molecule has 0 aliphatic heterocycles. The summed E-state index contributed by atoms with van der Waals surface area (Å²) in [5.74, 6) is -1.29. The highest BCUT2D eigenvalue weighted by molar-refractivity contribution is 5.76. The molecular weight excluding hydrogens is 600 g/mol. The molecule has 0 spiro atoms.